The van der Waals surface area contributed by atoms with E-state index in [4.69, 9.17) is 4.42 Å². The molecule has 0 aromatic carbocycles. The number of rotatable bonds is 3. The van der Waals surface area contributed by atoms with Crippen LogP contribution in [-0.2, 0) is 6.42 Å². The second kappa shape index (κ2) is 4.22. The maximum atomic E-state index is 9.33. The number of hydrogen-bond acceptors (Lipinski definition) is 3. The van der Waals surface area contributed by atoms with Gasteiger partial charge in [0.2, 0.25) is 0 Å². The molecule has 2 N–H and O–H groups in total. The van der Waals surface area contributed by atoms with Crippen LogP contribution in [0.25, 0.3) is 0 Å². The lowest BCUT2D eigenvalue weighted by Crippen LogP contribution is -2.35. The van der Waals surface area contributed by atoms with Crippen LogP contribution in [-0.4, -0.2) is 17.8 Å². The highest BCUT2D eigenvalue weighted by atomic mass is 16.3. The van der Waals surface area contributed by atoms with Crippen LogP contribution in [0.1, 0.15) is 44.6 Å². The average Bonchev–Trinajstić information content (AvgIpc) is 2.59. The van der Waals surface area contributed by atoms with Crippen LogP contribution >= 0.6 is 0 Å². The highest BCUT2D eigenvalue weighted by molar-refractivity contribution is 5.26. The van der Waals surface area contributed by atoms with E-state index in [1.807, 2.05) is 6.07 Å². The summed E-state index contributed by atoms with van der Waals surface area (Å²) in [7, 11) is 0. The van der Waals surface area contributed by atoms with Gasteiger partial charge in [-0.15, -0.1) is 0 Å². The van der Waals surface area contributed by atoms with E-state index in [1.165, 1.54) is 5.56 Å². The van der Waals surface area contributed by atoms with Crippen LogP contribution < -0.4 is 5.32 Å². The van der Waals surface area contributed by atoms with Crippen molar-refractivity contribution in [2.24, 2.45) is 5.41 Å². The van der Waals surface area contributed by atoms with E-state index in [-0.39, 0.29) is 11.5 Å². The van der Waals surface area contributed by atoms with E-state index >= 15 is 0 Å². The molecular formula is C13H21NO2. The molecule has 1 aromatic heterocycles. The fourth-order valence-electron chi connectivity index (χ4n) is 2.47. The first-order chi connectivity index (χ1) is 7.48. The quantitative estimate of drug-likeness (QED) is 0.826. The van der Waals surface area contributed by atoms with Crippen molar-refractivity contribution in [2.75, 3.05) is 6.54 Å². The Hall–Kier alpha value is -0.800. The Balaban J connectivity index is 2.13. The summed E-state index contributed by atoms with van der Waals surface area (Å²) < 4.78 is 5.53. The summed E-state index contributed by atoms with van der Waals surface area (Å²) in [5.41, 5.74) is 1.53. The molecule has 0 saturated carbocycles. The van der Waals surface area contributed by atoms with Gasteiger partial charge in [-0.3, -0.25) is 0 Å². The van der Waals surface area contributed by atoms with Gasteiger partial charge in [-0.1, -0.05) is 13.8 Å². The van der Waals surface area contributed by atoms with Crippen molar-refractivity contribution in [3.05, 3.63) is 23.7 Å². The fourth-order valence-corrected chi connectivity index (χ4v) is 2.47. The summed E-state index contributed by atoms with van der Waals surface area (Å²) in [6.07, 6.45) is 3.55. The minimum absolute atomic E-state index is 0.265. The number of hydrogen-bond donors (Lipinski definition) is 2. The first-order valence-corrected chi connectivity index (χ1v) is 5.96. The van der Waals surface area contributed by atoms with Gasteiger partial charge in [-0.2, -0.15) is 0 Å². The lowest BCUT2D eigenvalue weighted by atomic mass is 9.75. The van der Waals surface area contributed by atoms with Crippen molar-refractivity contribution in [3.63, 3.8) is 0 Å². The Morgan fingerprint density at radius 3 is 3.06 bits per heavy atom. The molecule has 0 aliphatic heterocycles. The van der Waals surface area contributed by atoms with Crippen molar-refractivity contribution in [3.8, 4) is 0 Å². The minimum Gasteiger partial charge on any atom is -0.469 e. The molecule has 0 fully saturated rings. The first-order valence-electron chi connectivity index (χ1n) is 5.96. The molecule has 0 saturated heterocycles. The highest BCUT2D eigenvalue weighted by Gasteiger charge is 2.33. The Morgan fingerprint density at radius 1 is 1.62 bits per heavy atom. The van der Waals surface area contributed by atoms with Crippen LogP contribution in [0.15, 0.2) is 16.7 Å². The van der Waals surface area contributed by atoms with Crippen molar-refractivity contribution in [2.45, 2.75) is 45.8 Å². The SMILES string of the molecule is C[C@@H](O)CNC1CC(C)(C)Cc2occc21. The number of fused-ring (bicyclic) bond motifs is 1. The molecule has 0 radical (unpaired) electrons. The first kappa shape index (κ1) is 11.7. The zero-order chi connectivity index (χ0) is 11.8. The van der Waals surface area contributed by atoms with Crippen molar-refractivity contribution in [1.29, 1.82) is 0 Å². The molecule has 3 nitrogen and oxygen atoms in total. The van der Waals surface area contributed by atoms with Gasteiger partial charge in [0.1, 0.15) is 5.76 Å². The summed E-state index contributed by atoms with van der Waals surface area (Å²) in [5, 5.41) is 12.7. The predicted octanol–water partition coefficient (Wildman–Crippen LogP) is 2.26. The van der Waals surface area contributed by atoms with Crippen LogP contribution in [0, 0.1) is 5.41 Å². The molecule has 1 heterocycles. The van der Waals surface area contributed by atoms with Crippen LogP contribution in [0.3, 0.4) is 0 Å². The van der Waals surface area contributed by atoms with E-state index < -0.39 is 0 Å². The number of nitrogens with one attached hydrogen (secondary N) is 1. The fraction of sp³-hybridized carbons (Fsp3) is 0.692. The summed E-state index contributed by atoms with van der Waals surface area (Å²) in [6.45, 7) is 6.95. The smallest absolute Gasteiger partial charge is 0.109 e. The lowest BCUT2D eigenvalue weighted by molar-refractivity contribution is 0.171. The van der Waals surface area contributed by atoms with Gasteiger partial charge in [-0.25, -0.2) is 0 Å². The van der Waals surface area contributed by atoms with Crippen LogP contribution in [0.5, 0.6) is 0 Å². The molecule has 2 atom stereocenters. The Bertz CT molecular complexity index is 355. The van der Waals surface area contributed by atoms with E-state index in [1.54, 1.807) is 13.2 Å². The maximum Gasteiger partial charge on any atom is 0.109 e. The van der Waals surface area contributed by atoms with Gasteiger partial charge in [-0.05, 0) is 24.8 Å². The molecule has 0 bridgehead atoms. The third-order valence-electron chi connectivity index (χ3n) is 3.21. The van der Waals surface area contributed by atoms with Gasteiger partial charge in [0.05, 0.1) is 12.4 Å². The molecule has 3 heteroatoms. The maximum absolute atomic E-state index is 9.33. The summed E-state index contributed by atoms with van der Waals surface area (Å²) in [4.78, 5) is 0. The Kier molecular flexibility index (Phi) is 3.08. The number of aliphatic hydroxyl groups is 1. The molecule has 90 valence electrons. The van der Waals surface area contributed by atoms with Crippen molar-refractivity contribution < 1.29 is 9.52 Å². The molecule has 1 aliphatic carbocycles. The molecule has 1 aromatic rings. The standard InChI is InChI=1S/C13H21NO2/c1-9(15)8-14-11-6-13(2,3)7-12-10(11)4-5-16-12/h4-5,9,11,14-15H,6-8H2,1-3H3/t9-,11?/m1/s1. The third-order valence-corrected chi connectivity index (χ3v) is 3.21. The van der Waals surface area contributed by atoms with Gasteiger partial charge in [0, 0.05) is 24.6 Å². The Labute approximate surface area is 96.8 Å². The molecule has 2 rings (SSSR count). The molecule has 16 heavy (non-hydrogen) atoms. The van der Waals surface area contributed by atoms with E-state index in [0.717, 1.165) is 18.6 Å². The predicted molar refractivity (Wildman–Crippen MR) is 63.2 cm³/mol. The van der Waals surface area contributed by atoms with Crippen LogP contribution in [0.4, 0.5) is 0 Å². The molecular weight excluding hydrogens is 202 g/mol. The van der Waals surface area contributed by atoms with E-state index in [2.05, 4.69) is 19.2 Å². The third kappa shape index (κ3) is 2.47. The number of furan rings is 1. The second-order valence-corrected chi connectivity index (χ2v) is 5.65. The Morgan fingerprint density at radius 2 is 2.38 bits per heavy atom. The zero-order valence-corrected chi connectivity index (χ0v) is 10.3. The van der Waals surface area contributed by atoms with E-state index in [0.29, 0.717) is 12.6 Å². The van der Waals surface area contributed by atoms with Crippen LogP contribution in [0.2, 0.25) is 0 Å². The average molecular weight is 223 g/mol. The topological polar surface area (TPSA) is 45.4 Å². The highest BCUT2D eigenvalue weighted by Crippen LogP contribution is 2.41. The van der Waals surface area contributed by atoms with E-state index in [9.17, 15) is 5.11 Å². The normalized spacial score (nSPS) is 25.1. The minimum atomic E-state index is -0.305. The van der Waals surface area contributed by atoms with Crippen molar-refractivity contribution >= 4 is 0 Å². The summed E-state index contributed by atoms with van der Waals surface area (Å²) in [6, 6.07) is 2.36. The van der Waals surface area contributed by atoms with Gasteiger partial charge in [0.25, 0.3) is 0 Å². The summed E-state index contributed by atoms with van der Waals surface area (Å²) >= 11 is 0. The number of aliphatic hydroxyl groups excluding tert-OH is 1. The van der Waals surface area contributed by atoms with Gasteiger partial charge < -0.3 is 14.8 Å². The van der Waals surface area contributed by atoms with Gasteiger partial charge in [0.15, 0.2) is 0 Å². The second-order valence-electron chi connectivity index (χ2n) is 5.65. The molecule has 0 spiro atoms. The van der Waals surface area contributed by atoms with Gasteiger partial charge >= 0.3 is 0 Å². The van der Waals surface area contributed by atoms with Crippen molar-refractivity contribution in [1.82, 2.24) is 5.32 Å². The summed E-state index contributed by atoms with van der Waals surface area (Å²) in [5.74, 6) is 1.10. The zero-order valence-electron chi connectivity index (χ0n) is 10.3. The molecule has 0 amide bonds. The molecule has 1 unspecified atom stereocenters. The molecule has 1 aliphatic rings. The lowest BCUT2D eigenvalue weighted by Gasteiger charge is -2.35. The largest absolute Gasteiger partial charge is 0.469 e. The monoisotopic (exact) mass is 223 g/mol.